The number of amides is 1. The van der Waals surface area contributed by atoms with E-state index in [4.69, 9.17) is 5.11 Å². The molecule has 21 heavy (non-hydrogen) atoms. The fraction of sp³-hybridized carbons (Fsp3) is 0.562. The highest BCUT2D eigenvalue weighted by molar-refractivity contribution is 7.99. The topological polar surface area (TPSA) is 49.3 Å². The number of aliphatic hydroxyl groups is 1. The van der Waals surface area contributed by atoms with Gasteiger partial charge >= 0.3 is 0 Å². The molecule has 2 rings (SSSR count). The molecule has 0 aromatic carbocycles. The Balaban J connectivity index is 1.93. The van der Waals surface area contributed by atoms with Gasteiger partial charge in [-0.25, -0.2) is 0 Å². The number of nitrogens with one attached hydrogen (secondary N) is 1. The van der Waals surface area contributed by atoms with Crippen LogP contribution < -0.4 is 5.32 Å². The molecule has 3 nitrogen and oxygen atoms in total. The molecule has 2 atom stereocenters. The molecule has 0 saturated heterocycles. The molecule has 0 spiro atoms. The first-order valence-electron chi connectivity index (χ1n) is 7.35. The first-order valence-corrected chi connectivity index (χ1v) is 9.28. The van der Waals surface area contributed by atoms with Crippen LogP contribution in [0.25, 0.3) is 0 Å². The van der Waals surface area contributed by atoms with Crippen LogP contribution in [0.4, 0.5) is 0 Å². The molecule has 1 heterocycles. The Bertz CT molecular complexity index is 530. The summed E-state index contributed by atoms with van der Waals surface area (Å²) in [5, 5.41) is 14.3. The number of carbonyl (C=O) groups excluding carboxylic acids is 1. The van der Waals surface area contributed by atoms with Crippen molar-refractivity contribution in [1.29, 1.82) is 0 Å². The summed E-state index contributed by atoms with van der Waals surface area (Å²) in [4.78, 5) is 13.2. The summed E-state index contributed by atoms with van der Waals surface area (Å²) in [5.41, 5.74) is 0.695. The summed E-state index contributed by atoms with van der Waals surface area (Å²) in [7, 11) is 0. The van der Waals surface area contributed by atoms with Crippen LogP contribution in [0.15, 0.2) is 11.4 Å². The number of hydrogen-bond donors (Lipinski definition) is 2. The second-order valence-corrected chi connectivity index (χ2v) is 7.41. The van der Waals surface area contributed by atoms with Gasteiger partial charge in [-0.2, -0.15) is 11.8 Å². The van der Waals surface area contributed by atoms with Gasteiger partial charge in [0.15, 0.2) is 0 Å². The Morgan fingerprint density at radius 1 is 1.57 bits per heavy atom. The van der Waals surface area contributed by atoms with Crippen molar-refractivity contribution < 1.29 is 9.90 Å². The molecule has 5 heteroatoms. The third-order valence-corrected chi connectivity index (χ3v) is 5.63. The number of aliphatic hydroxyl groups excluding tert-OH is 1. The van der Waals surface area contributed by atoms with Gasteiger partial charge in [-0.1, -0.05) is 25.2 Å². The van der Waals surface area contributed by atoms with Gasteiger partial charge in [0.2, 0.25) is 0 Å². The lowest BCUT2D eigenvalue weighted by atomic mass is 10.2. The average molecular weight is 323 g/mol. The summed E-state index contributed by atoms with van der Waals surface area (Å²) >= 11 is 3.42. The highest BCUT2D eigenvalue weighted by Crippen LogP contribution is 2.30. The molecule has 0 radical (unpaired) electrons. The van der Waals surface area contributed by atoms with E-state index in [0.717, 1.165) is 17.1 Å². The standard InChI is InChI=1S/C16H21NO2S2/c1-2-20-15-8-5-7-14(15)17-16(19)12-10-13(21-11-12)6-3-4-9-18/h10-11,14-15,18H,2,4-5,7-9H2,1H3,(H,17,19). The molecule has 0 bridgehead atoms. The van der Waals surface area contributed by atoms with Gasteiger partial charge in [0.25, 0.3) is 5.91 Å². The zero-order valence-corrected chi connectivity index (χ0v) is 13.9. The van der Waals surface area contributed by atoms with Crippen LogP contribution in [-0.2, 0) is 0 Å². The van der Waals surface area contributed by atoms with Crippen LogP contribution in [0.2, 0.25) is 0 Å². The Labute approximate surface area is 134 Å². The van der Waals surface area contributed by atoms with Crippen LogP contribution in [0.3, 0.4) is 0 Å². The van der Waals surface area contributed by atoms with Crippen LogP contribution in [-0.4, -0.2) is 34.7 Å². The minimum absolute atomic E-state index is 0.00932. The smallest absolute Gasteiger partial charge is 0.252 e. The molecule has 1 saturated carbocycles. The molecule has 114 valence electrons. The zero-order valence-electron chi connectivity index (χ0n) is 12.2. The quantitative estimate of drug-likeness (QED) is 0.819. The van der Waals surface area contributed by atoms with Gasteiger partial charge in [0, 0.05) is 23.1 Å². The van der Waals surface area contributed by atoms with E-state index in [9.17, 15) is 4.79 Å². The predicted octanol–water partition coefficient (Wildman–Crippen LogP) is 2.89. The highest BCUT2D eigenvalue weighted by atomic mass is 32.2. The van der Waals surface area contributed by atoms with Crippen molar-refractivity contribution in [2.75, 3.05) is 12.4 Å². The molecule has 1 aliphatic carbocycles. The van der Waals surface area contributed by atoms with E-state index < -0.39 is 0 Å². The van der Waals surface area contributed by atoms with Gasteiger partial charge in [0.1, 0.15) is 0 Å². The van der Waals surface area contributed by atoms with E-state index in [1.54, 1.807) is 0 Å². The molecule has 2 unspecified atom stereocenters. The second-order valence-electron chi connectivity index (χ2n) is 4.98. The number of thioether (sulfide) groups is 1. The van der Waals surface area contributed by atoms with Crippen molar-refractivity contribution in [1.82, 2.24) is 5.32 Å². The normalized spacial score (nSPS) is 20.9. The van der Waals surface area contributed by atoms with E-state index in [-0.39, 0.29) is 12.5 Å². The third kappa shape index (κ3) is 4.77. The van der Waals surface area contributed by atoms with Gasteiger partial charge in [-0.3, -0.25) is 4.79 Å². The van der Waals surface area contributed by atoms with E-state index in [2.05, 4.69) is 24.1 Å². The Morgan fingerprint density at radius 3 is 3.19 bits per heavy atom. The summed E-state index contributed by atoms with van der Waals surface area (Å²) in [6.45, 7) is 2.24. The van der Waals surface area contributed by atoms with E-state index >= 15 is 0 Å². The zero-order chi connectivity index (χ0) is 15.1. The van der Waals surface area contributed by atoms with Crippen molar-refractivity contribution in [3.63, 3.8) is 0 Å². The number of carbonyl (C=O) groups is 1. The molecule has 2 N–H and O–H groups in total. The Morgan fingerprint density at radius 2 is 2.43 bits per heavy atom. The van der Waals surface area contributed by atoms with Gasteiger partial charge in [-0.05, 0) is 24.7 Å². The number of thiophene rings is 1. The maximum absolute atomic E-state index is 12.3. The molecule has 1 aromatic heterocycles. The molecule has 1 amide bonds. The van der Waals surface area contributed by atoms with Gasteiger partial charge in [0.05, 0.1) is 17.0 Å². The molecule has 1 fully saturated rings. The van der Waals surface area contributed by atoms with Crippen molar-refractivity contribution in [3.8, 4) is 11.8 Å². The molecular formula is C16H21NO2S2. The summed E-state index contributed by atoms with van der Waals surface area (Å²) in [6.07, 6.45) is 3.95. The average Bonchev–Trinajstić information content (AvgIpc) is 3.10. The maximum Gasteiger partial charge on any atom is 0.252 e. The molecule has 0 aliphatic heterocycles. The van der Waals surface area contributed by atoms with Crippen LogP contribution in [0, 0.1) is 11.8 Å². The molecular weight excluding hydrogens is 302 g/mol. The Kier molecular flexibility index (Phi) is 6.62. The first kappa shape index (κ1) is 16.4. The summed E-state index contributed by atoms with van der Waals surface area (Å²) in [5.74, 6) is 6.95. The van der Waals surface area contributed by atoms with Crippen molar-refractivity contribution in [3.05, 3.63) is 21.9 Å². The minimum atomic E-state index is 0.00932. The van der Waals surface area contributed by atoms with Crippen molar-refractivity contribution in [2.45, 2.75) is 43.9 Å². The van der Waals surface area contributed by atoms with Crippen molar-refractivity contribution >= 4 is 29.0 Å². The van der Waals surface area contributed by atoms with Gasteiger partial charge < -0.3 is 10.4 Å². The number of hydrogen-bond acceptors (Lipinski definition) is 4. The van der Waals surface area contributed by atoms with Crippen LogP contribution in [0.5, 0.6) is 0 Å². The van der Waals surface area contributed by atoms with Crippen LogP contribution >= 0.6 is 23.1 Å². The van der Waals surface area contributed by atoms with Crippen LogP contribution in [0.1, 0.15) is 47.8 Å². The van der Waals surface area contributed by atoms with E-state index in [1.165, 1.54) is 24.2 Å². The highest BCUT2D eigenvalue weighted by Gasteiger charge is 2.28. The predicted molar refractivity (Wildman–Crippen MR) is 89.9 cm³/mol. The molecule has 1 aliphatic rings. The lowest BCUT2D eigenvalue weighted by molar-refractivity contribution is 0.0939. The largest absolute Gasteiger partial charge is 0.395 e. The fourth-order valence-electron chi connectivity index (χ4n) is 2.48. The maximum atomic E-state index is 12.3. The lowest BCUT2D eigenvalue weighted by Crippen LogP contribution is -2.38. The van der Waals surface area contributed by atoms with E-state index in [1.807, 2.05) is 23.2 Å². The minimum Gasteiger partial charge on any atom is -0.395 e. The lowest BCUT2D eigenvalue weighted by Gasteiger charge is -2.19. The third-order valence-electron chi connectivity index (χ3n) is 3.46. The van der Waals surface area contributed by atoms with Gasteiger partial charge in [-0.15, -0.1) is 11.3 Å². The fourth-order valence-corrected chi connectivity index (χ4v) is 4.44. The van der Waals surface area contributed by atoms with E-state index in [0.29, 0.717) is 23.3 Å². The number of rotatable bonds is 5. The first-order chi connectivity index (χ1) is 10.2. The summed E-state index contributed by atoms with van der Waals surface area (Å²) < 4.78 is 0. The summed E-state index contributed by atoms with van der Waals surface area (Å²) in [6, 6.07) is 2.13. The SMILES string of the molecule is CCSC1CCCC1NC(=O)c1csc(C#CCCO)c1. The molecule has 1 aromatic rings. The Hall–Kier alpha value is -0.960. The monoisotopic (exact) mass is 323 g/mol. The van der Waals surface area contributed by atoms with Crippen molar-refractivity contribution in [2.24, 2.45) is 0 Å². The second kappa shape index (κ2) is 8.47.